The van der Waals surface area contributed by atoms with Crippen LogP contribution >= 0.6 is 0 Å². The molecule has 0 heterocycles. The summed E-state index contributed by atoms with van der Waals surface area (Å²) in [4.78, 5) is 13.2. The van der Waals surface area contributed by atoms with E-state index in [4.69, 9.17) is 10.5 Å². The van der Waals surface area contributed by atoms with E-state index in [0.29, 0.717) is 5.56 Å². The first-order valence-electron chi connectivity index (χ1n) is 5.31. The van der Waals surface area contributed by atoms with Crippen LogP contribution in [-0.2, 0) is 16.1 Å². The fourth-order valence-corrected chi connectivity index (χ4v) is 1.50. The van der Waals surface area contributed by atoms with E-state index in [1.165, 1.54) is 18.1 Å². The van der Waals surface area contributed by atoms with Crippen LogP contribution in [0.5, 0.6) is 0 Å². The number of halogens is 1. The van der Waals surface area contributed by atoms with E-state index < -0.39 is 6.10 Å². The topological polar surface area (TPSA) is 55.6 Å². The molecule has 5 heteroatoms. The van der Waals surface area contributed by atoms with Gasteiger partial charge in [0.1, 0.15) is 11.9 Å². The maximum atomic E-state index is 13.4. The van der Waals surface area contributed by atoms with Gasteiger partial charge >= 0.3 is 0 Å². The van der Waals surface area contributed by atoms with Crippen LogP contribution in [-0.4, -0.2) is 37.6 Å². The number of benzene rings is 1. The summed E-state index contributed by atoms with van der Waals surface area (Å²) >= 11 is 0. The summed E-state index contributed by atoms with van der Waals surface area (Å²) in [5, 5.41) is 0. The lowest BCUT2D eigenvalue weighted by atomic mass is 10.2. The van der Waals surface area contributed by atoms with E-state index in [2.05, 4.69) is 0 Å². The lowest BCUT2D eigenvalue weighted by molar-refractivity contribution is -0.140. The SMILES string of the molecule is COC(CN)C(=O)N(C)Cc1ccccc1F. The Morgan fingerprint density at radius 3 is 2.71 bits per heavy atom. The molecule has 0 saturated heterocycles. The molecule has 17 heavy (non-hydrogen) atoms. The summed E-state index contributed by atoms with van der Waals surface area (Å²) in [6.45, 7) is 0.308. The molecule has 0 saturated carbocycles. The molecule has 0 aliphatic carbocycles. The molecule has 1 unspecified atom stereocenters. The summed E-state index contributed by atoms with van der Waals surface area (Å²) in [5.74, 6) is -0.577. The number of hydrogen-bond donors (Lipinski definition) is 1. The van der Waals surface area contributed by atoms with Crippen molar-refractivity contribution in [3.63, 3.8) is 0 Å². The predicted molar refractivity (Wildman–Crippen MR) is 62.7 cm³/mol. The second-order valence-corrected chi connectivity index (χ2v) is 3.75. The quantitative estimate of drug-likeness (QED) is 0.826. The van der Waals surface area contributed by atoms with Gasteiger partial charge in [0.2, 0.25) is 0 Å². The molecule has 1 aromatic carbocycles. The van der Waals surface area contributed by atoms with Crippen molar-refractivity contribution in [3.05, 3.63) is 35.6 Å². The molecule has 1 amide bonds. The summed E-state index contributed by atoms with van der Waals surface area (Å²) in [7, 11) is 3.02. The first-order valence-corrected chi connectivity index (χ1v) is 5.31. The number of nitrogens with two attached hydrogens (primary N) is 1. The summed E-state index contributed by atoms with van der Waals surface area (Å²) in [6, 6.07) is 6.35. The number of carbonyl (C=O) groups is 1. The van der Waals surface area contributed by atoms with Crippen molar-refractivity contribution >= 4 is 5.91 Å². The zero-order valence-electron chi connectivity index (χ0n) is 10.0. The number of likely N-dealkylation sites (N-methyl/N-ethyl adjacent to an activating group) is 1. The zero-order chi connectivity index (χ0) is 12.8. The Bertz CT molecular complexity index is 381. The third-order valence-corrected chi connectivity index (χ3v) is 2.52. The van der Waals surface area contributed by atoms with Crippen LogP contribution in [0.15, 0.2) is 24.3 Å². The van der Waals surface area contributed by atoms with Gasteiger partial charge in [-0.25, -0.2) is 4.39 Å². The lowest BCUT2D eigenvalue weighted by Gasteiger charge is -2.22. The maximum Gasteiger partial charge on any atom is 0.253 e. The van der Waals surface area contributed by atoms with Gasteiger partial charge in [-0.05, 0) is 6.07 Å². The van der Waals surface area contributed by atoms with Crippen LogP contribution in [0.4, 0.5) is 4.39 Å². The minimum absolute atomic E-state index is 0.108. The molecule has 0 aromatic heterocycles. The summed E-state index contributed by atoms with van der Waals surface area (Å²) in [6.07, 6.45) is -0.674. The molecule has 0 spiro atoms. The van der Waals surface area contributed by atoms with Gasteiger partial charge in [0.05, 0.1) is 0 Å². The summed E-state index contributed by atoms with van der Waals surface area (Å²) < 4.78 is 18.3. The molecule has 1 rings (SSSR count). The molecule has 94 valence electrons. The van der Waals surface area contributed by atoms with Crippen LogP contribution in [0, 0.1) is 5.82 Å². The number of hydrogen-bond acceptors (Lipinski definition) is 3. The Morgan fingerprint density at radius 1 is 1.53 bits per heavy atom. The Labute approximate surface area is 100 Å². The van der Waals surface area contributed by atoms with E-state index >= 15 is 0 Å². The molecule has 4 nitrogen and oxygen atoms in total. The van der Waals surface area contributed by atoms with E-state index in [9.17, 15) is 9.18 Å². The number of rotatable bonds is 5. The van der Waals surface area contributed by atoms with Crippen LogP contribution in [0.25, 0.3) is 0 Å². The van der Waals surface area contributed by atoms with Crippen LogP contribution in [0.1, 0.15) is 5.56 Å². The van der Waals surface area contributed by atoms with Gasteiger partial charge in [0.15, 0.2) is 0 Å². The van der Waals surface area contributed by atoms with Crippen molar-refractivity contribution in [1.29, 1.82) is 0 Å². The average molecular weight is 240 g/mol. The molecule has 2 N–H and O–H groups in total. The van der Waals surface area contributed by atoms with E-state index in [0.717, 1.165) is 0 Å². The van der Waals surface area contributed by atoms with Crippen molar-refractivity contribution in [2.45, 2.75) is 12.6 Å². The summed E-state index contributed by atoms with van der Waals surface area (Å²) in [5.41, 5.74) is 5.87. The van der Waals surface area contributed by atoms with Gasteiger partial charge < -0.3 is 15.4 Å². The third kappa shape index (κ3) is 3.51. The molecule has 0 bridgehead atoms. The molecule has 0 radical (unpaired) electrons. The lowest BCUT2D eigenvalue weighted by Crippen LogP contribution is -2.41. The van der Waals surface area contributed by atoms with Crippen LogP contribution < -0.4 is 5.73 Å². The fourth-order valence-electron chi connectivity index (χ4n) is 1.50. The molecule has 1 aromatic rings. The van der Waals surface area contributed by atoms with Gasteiger partial charge in [0, 0.05) is 32.8 Å². The van der Waals surface area contributed by atoms with Crippen molar-refractivity contribution in [2.24, 2.45) is 5.73 Å². The van der Waals surface area contributed by atoms with E-state index in [-0.39, 0.29) is 24.8 Å². The van der Waals surface area contributed by atoms with E-state index in [1.807, 2.05) is 0 Å². The average Bonchev–Trinajstić information content (AvgIpc) is 2.33. The van der Waals surface area contributed by atoms with Crippen LogP contribution in [0.2, 0.25) is 0 Å². The number of ether oxygens (including phenoxy) is 1. The molecule has 0 aliphatic heterocycles. The van der Waals surface area contributed by atoms with Crippen molar-refractivity contribution in [1.82, 2.24) is 4.90 Å². The molecule has 1 atom stereocenters. The molecule has 0 aliphatic rings. The largest absolute Gasteiger partial charge is 0.370 e. The Kier molecular flexibility index (Phi) is 5.06. The highest BCUT2D eigenvalue weighted by Crippen LogP contribution is 2.09. The van der Waals surface area contributed by atoms with Gasteiger partial charge in [-0.1, -0.05) is 18.2 Å². The second kappa shape index (κ2) is 6.32. The highest BCUT2D eigenvalue weighted by Gasteiger charge is 2.20. The monoisotopic (exact) mass is 240 g/mol. The minimum atomic E-state index is -0.674. The molecular weight excluding hydrogens is 223 g/mol. The van der Waals surface area contributed by atoms with Crippen LogP contribution in [0.3, 0.4) is 0 Å². The van der Waals surface area contributed by atoms with Crippen molar-refractivity contribution < 1.29 is 13.9 Å². The van der Waals surface area contributed by atoms with Crippen molar-refractivity contribution in [3.8, 4) is 0 Å². The highest BCUT2D eigenvalue weighted by atomic mass is 19.1. The highest BCUT2D eigenvalue weighted by molar-refractivity contribution is 5.80. The smallest absolute Gasteiger partial charge is 0.253 e. The first-order chi connectivity index (χ1) is 8.10. The zero-order valence-corrected chi connectivity index (χ0v) is 10.0. The number of amides is 1. The number of nitrogens with zero attached hydrogens (tertiary/aromatic N) is 1. The number of methoxy groups -OCH3 is 1. The fraction of sp³-hybridized carbons (Fsp3) is 0.417. The second-order valence-electron chi connectivity index (χ2n) is 3.75. The van der Waals surface area contributed by atoms with Crippen molar-refractivity contribution in [2.75, 3.05) is 20.7 Å². The van der Waals surface area contributed by atoms with Gasteiger partial charge in [-0.15, -0.1) is 0 Å². The third-order valence-electron chi connectivity index (χ3n) is 2.52. The number of carbonyl (C=O) groups excluding carboxylic acids is 1. The van der Waals surface area contributed by atoms with Gasteiger partial charge in [0.25, 0.3) is 5.91 Å². The molecule has 0 fully saturated rings. The normalized spacial score (nSPS) is 12.2. The van der Waals surface area contributed by atoms with Gasteiger partial charge in [-0.3, -0.25) is 4.79 Å². The van der Waals surface area contributed by atoms with Gasteiger partial charge in [-0.2, -0.15) is 0 Å². The first kappa shape index (κ1) is 13.6. The Balaban J connectivity index is 2.69. The molecular formula is C12H17FN2O2. The minimum Gasteiger partial charge on any atom is -0.370 e. The standard InChI is InChI=1S/C12H17FN2O2/c1-15(12(16)11(7-14)17-2)8-9-5-3-4-6-10(9)13/h3-6,11H,7-8,14H2,1-2H3. The van der Waals surface area contributed by atoms with E-state index in [1.54, 1.807) is 25.2 Å². The predicted octanol–water partition coefficient (Wildman–Crippen LogP) is 0.758. The Hall–Kier alpha value is -1.46. The Morgan fingerprint density at radius 2 is 2.18 bits per heavy atom. The maximum absolute atomic E-state index is 13.4.